The maximum absolute atomic E-state index is 8.71. The molecule has 0 saturated carbocycles. The SMILES string of the molecule is CN1C[C@@H]2C[C@H]1CN2CCCO. The van der Waals surface area contributed by atoms with Gasteiger partial charge in [-0.1, -0.05) is 0 Å². The Kier molecular flexibility index (Phi) is 2.35. The summed E-state index contributed by atoms with van der Waals surface area (Å²) in [5.74, 6) is 0. The van der Waals surface area contributed by atoms with Crippen molar-refractivity contribution in [1.82, 2.24) is 9.80 Å². The van der Waals surface area contributed by atoms with Crippen LogP contribution in [0.3, 0.4) is 0 Å². The second kappa shape index (κ2) is 3.32. The smallest absolute Gasteiger partial charge is 0.0443 e. The van der Waals surface area contributed by atoms with Crippen molar-refractivity contribution in [2.75, 3.05) is 33.3 Å². The molecule has 2 bridgehead atoms. The summed E-state index contributed by atoms with van der Waals surface area (Å²) in [6.07, 6.45) is 2.29. The molecular weight excluding hydrogens is 152 g/mol. The third kappa shape index (κ3) is 1.37. The molecule has 0 unspecified atom stereocenters. The van der Waals surface area contributed by atoms with E-state index in [0.717, 1.165) is 25.0 Å². The van der Waals surface area contributed by atoms with Gasteiger partial charge in [0.05, 0.1) is 0 Å². The molecule has 2 aliphatic rings. The van der Waals surface area contributed by atoms with Gasteiger partial charge in [-0.2, -0.15) is 0 Å². The highest BCUT2D eigenvalue weighted by Crippen LogP contribution is 2.28. The van der Waals surface area contributed by atoms with Crippen molar-refractivity contribution in [3.63, 3.8) is 0 Å². The van der Waals surface area contributed by atoms with Crippen LogP contribution in [0.4, 0.5) is 0 Å². The molecule has 3 heteroatoms. The monoisotopic (exact) mass is 170 g/mol. The van der Waals surface area contributed by atoms with Crippen LogP contribution in [0, 0.1) is 0 Å². The van der Waals surface area contributed by atoms with Crippen LogP contribution in [0.15, 0.2) is 0 Å². The maximum Gasteiger partial charge on any atom is 0.0443 e. The minimum absolute atomic E-state index is 0.337. The van der Waals surface area contributed by atoms with Crippen LogP contribution in [0.1, 0.15) is 12.8 Å². The maximum atomic E-state index is 8.71. The summed E-state index contributed by atoms with van der Waals surface area (Å²) >= 11 is 0. The van der Waals surface area contributed by atoms with Gasteiger partial charge in [-0.3, -0.25) is 4.90 Å². The van der Waals surface area contributed by atoms with Crippen LogP contribution in [-0.4, -0.2) is 60.3 Å². The average Bonchev–Trinajstić information content (AvgIpc) is 2.58. The number of hydrogen-bond donors (Lipinski definition) is 1. The number of nitrogens with zero attached hydrogens (tertiary/aromatic N) is 2. The first-order chi connectivity index (χ1) is 5.81. The first kappa shape index (κ1) is 8.48. The summed E-state index contributed by atoms with van der Waals surface area (Å²) in [4.78, 5) is 4.99. The van der Waals surface area contributed by atoms with E-state index in [2.05, 4.69) is 16.8 Å². The number of fused-ring (bicyclic) bond motifs is 2. The van der Waals surface area contributed by atoms with Crippen molar-refractivity contribution in [3.8, 4) is 0 Å². The number of likely N-dealkylation sites (N-methyl/N-ethyl adjacent to an activating group) is 1. The van der Waals surface area contributed by atoms with Gasteiger partial charge in [-0.05, 0) is 19.9 Å². The zero-order valence-corrected chi connectivity index (χ0v) is 7.74. The Morgan fingerprint density at radius 3 is 2.67 bits per heavy atom. The van der Waals surface area contributed by atoms with Crippen molar-refractivity contribution in [2.24, 2.45) is 0 Å². The summed E-state index contributed by atoms with van der Waals surface area (Å²) in [5, 5.41) is 8.71. The fourth-order valence-corrected chi connectivity index (χ4v) is 2.50. The van der Waals surface area contributed by atoms with Gasteiger partial charge >= 0.3 is 0 Å². The van der Waals surface area contributed by atoms with E-state index in [9.17, 15) is 0 Å². The van der Waals surface area contributed by atoms with Crippen LogP contribution >= 0.6 is 0 Å². The molecule has 3 nitrogen and oxygen atoms in total. The quantitative estimate of drug-likeness (QED) is 0.633. The molecule has 0 aliphatic carbocycles. The molecule has 2 saturated heterocycles. The van der Waals surface area contributed by atoms with Crippen molar-refractivity contribution in [3.05, 3.63) is 0 Å². The number of rotatable bonds is 3. The van der Waals surface area contributed by atoms with E-state index in [4.69, 9.17) is 5.11 Å². The first-order valence-corrected chi connectivity index (χ1v) is 4.86. The Morgan fingerprint density at radius 2 is 2.17 bits per heavy atom. The fraction of sp³-hybridized carbons (Fsp3) is 1.00. The molecular formula is C9H18N2O. The second-order valence-corrected chi connectivity index (χ2v) is 4.06. The minimum atomic E-state index is 0.337. The van der Waals surface area contributed by atoms with Crippen LogP contribution in [0.2, 0.25) is 0 Å². The summed E-state index contributed by atoms with van der Waals surface area (Å²) in [6.45, 7) is 3.88. The molecule has 1 N–H and O–H groups in total. The van der Waals surface area contributed by atoms with Crippen molar-refractivity contribution < 1.29 is 5.11 Å². The first-order valence-electron chi connectivity index (χ1n) is 4.86. The van der Waals surface area contributed by atoms with Crippen LogP contribution in [0.25, 0.3) is 0 Å². The van der Waals surface area contributed by atoms with Gasteiger partial charge in [0.2, 0.25) is 0 Å². The number of piperazine rings is 1. The Hall–Kier alpha value is -0.120. The predicted molar refractivity (Wildman–Crippen MR) is 48.1 cm³/mol. The second-order valence-electron chi connectivity index (χ2n) is 4.06. The van der Waals surface area contributed by atoms with Gasteiger partial charge < -0.3 is 10.0 Å². The lowest BCUT2D eigenvalue weighted by Gasteiger charge is -2.31. The fourth-order valence-electron chi connectivity index (χ4n) is 2.50. The molecule has 0 spiro atoms. The molecule has 2 fully saturated rings. The lowest BCUT2D eigenvalue weighted by atomic mass is 10.2. The van der Waals surface area contributed by atoms with Gasteiger partial charge in [0, 0.05) is 38.3 Å². The number of likely N-dealkylation sites (tertiary alicyclic amines) is 2. The number of aliphatic hydroxyl groups is 1. The highest BCUT2D eigenvalue weighted by atomic mass is 16.3. The van der Waals surface area contributed by atoms with Gasteiger partial charge in [-0.25, -0.2) is 0 Å². The summed E-state index contributed by atoms with van der Waals surface area (Å²) < 4.78 is 0. The third-order valence-corrected chi connectivity index (χ3v) is 3.23. The highest BCUT2D eigenvalue weighted by molar-refractivity contribution is 4.97. The van der Waals surface area contributed by atoms with E-state index >= 15 is 0 Å². The van der Waals surface area contributed by atoms with E-state index in [0.29, 0.717) is 6.61 Å². The molecule has 70 valence electrons. The molecule has 0 aromatic heterocycles. The molecule has 2 atom stereocenters. The Bertz CT molecular complexity index is 161. The van der Waals surface area contributed by atoms with Crippen LogP contribution in [0.5, 0.6) is 0 Å². The van der Waals surface area contributed by atoms with Crippen molar-refractivity contribution >= 4 is 0 Å². The molecule has 0 aromatic rings. The van der Waals surface area contributed by atoms with E-state index < -0.39 is 0 Å². The Balaban J connectivity index is 1.82. The van der Waals surface area contributed by atoms with E-state index in [-0.39, 0.29) is 0 Å². The van der Waals surface area contributed by atoms with E-state index in [1.807, 2.05) is 0 Å². The summed E-state index contributed by atoms with van der Waals surface area (Å²) in [5.41, 5.74) is 0. The Morgan fingerprint density at radius 1 is 1.33 bits per heavy atom. The molecule has 2 rings (SSSR count). The van der Waals surface area contributed by atoms with Crippen LogP contribution in [-0.2, 0) is 0 Å². The zero-order chi connectivity index (χ0) is 8.55. The predicted octanol–water partition coefficient (Wildman–Crippen LogP) is -0.243. The van der Waals surface area contributed by atoms with Gasteiger partial charge in [0.1, 0.15) is 0 Å². The van der Waals surface area contributed by atoms with Gasteiger partial charge in [-0.15, -0.1) is 0 Å². The van der Waals surface area contributed by atoms with E-state index in [1.54, 1.807) is 0 Å². The standard InChI is InChI=1S/C9H18N2O/c1-10-6-9-5-8(10)7-11(9)3-2-4-12/h8-9,12H,2-7H2,1H3/t8-,9-/m0/s1. The summed E-state index contributed by atoms with van der Waals surface area (Å²) in [6, 6.07) is 1.58. The molecule has 2 aliphatic heterocycles. The molecule has 2 heterocycles. The minimum Gasteiger partial charge on any atom is -0.396 e. The molecule has 0 aromatic carbocycles. The average molecular weight is 170 g/mol. The zero-order valence-electron chi connectivity index (χ0n) is 7.74. The third-order valence-electron chi connectivity index (χ3n) is 3.23. The van der Waals surface area contributed by atoms with Gasteiger partial charge in [0.15, 0.2) is 0 Å². The number of hydrogen-bond acceptors (Lipinski definition) is 3. The normalized spacial score (nSPS) is 36.5. The molecule has 0 amide bonds. The highest BCUT2D eigenvalue weighted by Gasteiger charge is 2.40. The largest absolute Gasteiger partial charge is 0.396 e. The van der Waals surface area contributed by atoms with Crippen LogP contribution < -0.4 is 0 Å². The lowest BCUT2D eigenvalue weighted by Crippen LogP contribution is -2.44. The molecule has 12 heavy (non-hydrogen) atoms. The number of aliphatic hydroxyl groups excluding tert-OH is 1. The van der Waals surface area contributed by atoms with E-state index in [1.165, 1.54) is 19.5 Å². The Labute approximate surface area is 74.0 Å². The molecule has 0 radical (unpaired) electrons. The lowest BCUT2D eigenvalue weighted by molar-refractivity contribution is 0.139. The van der Waals surface area contributed by atoms with Crippen molar-refractivity contribution in [2.45, 2.75) is 24.9 Å². The summed E-state index contributed by atoms with van der Waals surface area (Å²) in [7, 11) is 2.22. The van der Waals surface area contributed by atoms with Crippen molar-refractivity contribution in [1.29, 1.82) is 0 Å². The van der Waals surface area contributed by atoms with Gasteiger partial charge in [0.25, 0.3) is 0 Å². The topological polar surface area (TPSA) is 26.7 Å².